The molecular formula is C13H8F3N3O3. The number of benzene rings is 1. The molecule has 22 heavy (non-hydrogen) atoms. The summed E-state index contributed by atoms with van der Waals surface area (Å²) in [5.74, 6) is -0.805. The average molecular weight is 311 g/mol. The lowest BCUT2D eigenvalue weighted by atomic mass is 10.1. The number of hydrogen-bond donors (Lipinski definition) is 1. The summed E-state index contributed by atoms with van der Waals surface area (Å²) in [5, 5.41) is 12.7. The van der Waals surface area contributed by atoms with Crippen LogP contribution in [0.1, 0.15) is 15.9 Å². The number of alkyl halides is 3. The molecule has 1 aromatic carbocycles. The molecule has 1 heterocycles. The lowest BCUT2D eigenvalue weighted by Crippen LogP contribution is -2.14. The summed E-state index contributed by atoms with van der Waals surface area (Å²) in [7, 11) is 0. The van der Waals surface area contributed by atoms with E-state index in [1.807, 2.05) is 0 Å². The van der Waals surface area contributed by atoms with Crippen LogP contribution in [0, 0.1) is 10.1 Å². The first-order chi connectivity index (χ1) is 10.3. The molecule has 0 aliphatic carbocycles. The van der Waals surface area contributed by atoms with Gasteiger partial charge in [0.05, 0.1) is 10.5 Å². The Labute approximate surface area is 121 Å². The SMILES string of the molecule is O=C(Nc1ccc([N+](=O)[O-])cn1)c1cccc(C(F)(F)F)c1. The van der Waals surface area contributed by atoms with Gasteiger partial charge in [-0.25, -0.2) is 4.98 Å². The zero-order valence-corrected chi connectivity index (χ0v) is 10.8. The number of nitrogens with zero attached hydrogens (tertiary/aromatic N) is 2. The van der Waals surface area contributed by atoms with Crippen molar-refractivity contribution in [1.82, 2.24) is 4.98 Å². The van der Waals surface area contributed by atoms with Gasteiger partial charge >= 0.3 is 6.18 Å². The largest absolute Gasteiger partial charge is 0.416 e. The van der Waals surface area contributed by atoms with Gasteiger partial charge in [0.1, 0.15) is 12.0 Å². The van der Waals surface area contributed by atoms with Gasteiger partial charge in [0.15, 0.2) is 0 Å². The van der Waals surface area contributed by atoms with Gasteiger partial charge in [-0.15, -0.1) is 0 Å². The molecule has 0 radical (unpaired) electrons. The maximum atomic E-state index is 12.6. The Balaban J connectivity index is 2.17. The van der Waals surface area contributed by atoms with E-state index in [9.17, 15) is 28.1 Å². The quantitative estimate of drug-likeness (QED) is 0.696. The van der Waals surface area contributed by atoms with E-state index in [4.69, 9.17) is 0 Å². The zero-order chi connectivity index (χ0) is 16.3. The van der Waals surface area contributed by atoms with Crippen LogP contribution in [-0.4, -0.2) is 15.8 Å². The number of anilines is 1. The summed E-state index contributed by atoms with van der Waals surface area (Å²) >= 11 is 0. The third-order valence-corrected chi connectivity index (χ3v) is 2.65. The fourth-order valence-corrected chi connectivity index (χ4v) is 1.59. The molecule has 9 heteroatoms. The summed E-state index contributed by atoms with van der Waals surface area (Å²) < 4.78 is 37.7. The first kappa shape index (κ1) is 15.4. The lowest BCUT2D eigenvalue weighted by molar-refractivity contribution is -0.385. The molecule has 0 unspecified atom stereocenters. The highest BCUT2D eigenvalue weighted by molar-refractivity contribution is 6.03. The van der Waals surface area contributed by atoms with Crippen molar-refractivity contribution in [1.29, 1.82) is 0 Å². The summed E-state index contributed by atoms with van der Waals surface area (Å²) in [6.45, 7) is 0. The van der Waals surface area contributed by atoms with Crippen molar-refractivity contribution in [3.8, 4) is 0 Å². The molecule has 0 saturated carbocycles. The number of nitro groups is 1. The van der Waals surface area contributed by atoms with Gasteiger partial charge in [-0.05, 0) is 24.3 Å². The van der Waals surface area contributed by atoms with Gasteiger partial charge in [-0.3, -0.25) is 14.9 Å². The van der Waals surface area contributed by atoms with Crippen molar-refractivity contribution in [3.05, 3.63) is 63.8 Å². The number of halogens is 3. The molecule has 6 nitrogen and oxygen atoms in total. The highest BCUT2D eigenvalue weighted by Gasteiger charge is 2.30. The summed E-state index contributed by atoms with van der Waals surface area (Å²) in [5.41, 5.74) is -1.41. The van der Waals surface area contributed by atoms with Gasteiger partial charge in [-0.1, -0.05) is 6.07 Å². The number of pyridine rings is 1. The van der Waals surface area contributed by atoms with Crippen molar-refractivity contribution < 1.29 is 22.9 Å². The number of aromatic nitrogens is 1. The molecule has 1 N–H and O–H groups in total. The van der Waals surface area contributed by atoms with Gasteiger partial charge < -0.3 is 5.32 Å². The topological polar surface area (TPSA) is 85.1 Å². The van der Waals surface area contributed by atoms with Crippen LogP contribution in [0.25, 0.3) is 0 Å². The zero-order valence-electron chi connectivity index (χ0n) is 10.8. The Morgan fingerprint density at radius 1 is 1.23 bits per heavy atom. The summed E-state index contributed by atoms with van der Waals surface area (Å²) in [4.78, 5) is 25.3. The monoisotopic (exact) mass is 311 g/mol. The molecule has 0 aliphatic rings. The Kier molecular flexibility index (Phi) is 4.06. The molecule has 1 amide bonds. The van der Waals surface area contributed by atoms with Crippen LogP contribution in [0.3, 0.4) is 0 Å². The normalized spacial score (nSPS) is 11.0. The predicted molar refractivity (Wildman–Crippen MR) is 70.3 cm³/mol. The Bertz CT molecular complexity index is 714. The van der Waals surface area contributed by atoms with Crippen LogP contribution < -0.4 is 5.32 Å². The highest BCUT2D eigenvalue weighted by Crippen LogP contribution is 2.29. The third-order valence-electron chi connectivity index (χ3n) is 2.65. The van der Waals surface area contributed by atoms with E-state index >= 15 is 0 Å². The van der Waals surface area contributed by atoms with Crippen LogP contribution in [0.5, 0.6) is 0 Å². The molecule has 0 bridgehead atoms. The van der Waals surface area contributed by atoms with Gasteiger partial charge in [0.25, 0.3) is 11.6 Å². The Hall–Kier alpha value is -2.97. The Morgan fingerprint density at radius 2 is 1.95 bits per heavy atom. The maximum absolute atomic E-state index is 12.6. The van der Waals surface area contributed by atoms with E-state index in [2.05, 4.69) is 10.3 Å². The van der Waals surface area contributed by atoms with E-state index in [1.54, 1.807) is 0 Å². The van der Waals surface area contributed by atoms with Crippen LogP contribution in [-0.2, 0) is 6.18 Å². The molecule has 1 aromatic heterocycles. The highest BCUT2D eigenvalue weighted by atomic mass is 19.4. The second-order valence-electron chi connectivity index (χ2n) is 4.19. The summed E-state index contributed by atoms with van der Waals surface area (Å²) in [6.07, 6.45) is -3.62. The fraction of sp³-hybridized carbons (Fsp3) is 0.0769. The second-order valence-corrected chi connectivity index (χ2v) is 4.19. The van der Waals surface area contributed by atoms with E-state index in [-0.39, 0.29) is 17.1 Å². The van der Waals surface area contributed by atoms with Crippen molar-refractivity contribution >= 4 is 17.4 Å². The standard InChI is InChI=1S/C13H8F3N3O3/c14-13(15,16)9-3-1-2-8(6-9)12(20)18-11-5-4-10(7-17-11)19(21)22/h1-7H,(H,17,18,20). The van der Waals surface area contributed by atoms with E-state index < -0.39 is 22.6 Å². The molecule has 0 fully saturated rings. The Morgan fingerprint density at radius 3 is 2.50 bits per heavy atom. The predicted octanol–water partition coefficient (Wildman–Crippen LogP) is 3.26. The second kappa shape index (κ2) is 5.80. The van der Waals surface area contributed by atoms with Gasteiger partial charge in [-0.2, -0.15) is 13.2 Å². The van der Waals surface area contributed by atoms with Crippen molar-refractivity contribution in [2.24, 2.45) is 0 Å². The number of carbonyl (C=O) groups excluding carboxylic acids is 1. The molecule has 114 valence electrons. The van der Waals surface area contributed by atoms with Crippen molar-refractivity contribution in [3.63, 3.8) is 0 Å². The van der Waals surface area contributed by atoms with Crippen LogP contribution in [0.15, 0.2) is 42.6 Å². The molecule has 0 aliphatic heterocycles. The minimum atomic E-state index is -4.55. The molecule has 0 spiro atoms. The number of nitrogens with one attached hydrogen (secondary N) is 1. The third kappa shape index (κ3) is 3.57. The molecule has 2 rings (SSSR count). The molecular weight excluding hydrogens is 303 g/mol. The van der Waals surface area contributed by atoms with E-state index in [1.165, 1.54) is 12.1 Å². The van der Waals surface area contributed by atoms with Crippen molar-refractivity contribution in [2.75, 3.05) is 5.32 Å². The fourth-order valence-electron chi connectivity index (χ4n) is 1.59. The first-order valence-electron chi connectivity index (χ1n) is 5.86. The molecule has 0 atom stereocenters. The van der Waals surface area contributed by atoms with E-state index in [0.29, 0.717) is 6.07 Å². The molecule has 2 aromatic rings. The number of carbonyl (C=O) groups is 1. The van der Waals surface area contributed by atoms with Crippen LogP contribution >= 0.6 is 0 Å². The van der Waals surface area contributed by atoms with Gasteiger partial charge in [0, 0.05) is 11.6 Å². The van der Waals surface area contributed by atoms with Gasteiger partial charge in [0.2, 0.25) is 0 Å². The number of hydrogen-bond acceptors (Lipinski definition) is 4. The lowest BCUT2D eigenvalue weighted by Gasteiger charge is -2.08. The smallest absolute Gasteiger partial charge is 0.307 e. The van der Waals surface area contributed by atoms with E-state index in [0.717, 1.165) is 24.4 Å². The number of rotatable bonds is 3. The average Bonchev–Trinajstić information content (AvgIpc) is 2.47. The number of amides is 1. The summed E-state index contributed by atoms with van der Waals surface area (Å²) in [6, 6.07) is 6.19. The van der Waals surface area contributed by atoms with Crippen molar-refractivity contribution in [2.45, 2.75) is 6.18 Å². The minimum absolute atomic E-state index is 0.00647. The first-order valence-corrected chi connectivity index (χ1v) is 5.86. The van der Waals surface area contributed by atoms with Crippen LogP contribution in [0.2, 0.25) is 0 Å². The minimum Gasteiger partial charge on any atom is -0.307 e. The molecule has 0 saturated heterocycles. The maximum Gasteiger partial charge on any atom is 0.416 e. The van der Waals surface area contributed by atoms with Crippen LogP contribution in [0.4, 0.5) is 24.7 Å².